The molecule has 1 rings (SSSR count). The average Bonchev–Trinajstić information content (AvgIpc) is 2.04. The highest BCUT2D eigenvalue weighted by Gasteiger charge is 2.09. The molecular weight excluding hydrogens is 124 g/mol. The van der Waals surface area contributed by atoms with Gasteiger partial charge in [-0.2, -0.15) is 5.26 Å². The minimum Gasteiger partial charge on any atom is -0.391 e. The minimum absolute atomic E-state index is 0.953. The molecule has 0 aromatic carbocycles. The Morgan fingerprint density at radius 2 is 2.10 bits per heavy atom. The Morgan fingerprint density at radius 3 is 2.60 bits per heavy atom. The summed E-state index contributed by atoms with van der Waals surface area (Å²) >= 11 is 0. The zero-order valence-corrected chi connectivity index (χ0v) is 6.28. The Hall–Kier alpha value is -0.970. The van der Waals surface area contributed by atoms with E-state index >= 15 is 0 Å². The van der Waals surface area contributed by atoms with Gasteiger partial charge in [0.15, 0.2) is 0 Å². The highest BCUT2D eigenvalue weighted by Crippen LogP contribution is 2.21. The molecule has 0 heterocycles. The van der Waals surface area contributed by atoms with Crippen molar-refractivity contribution in [2.75, 3.05) is 7.05 Å². The third-order valence-electron chi connectivity index (χ3n) is 1.90. The van der Waals surface area contributed by atoms with Crippen LogP contribution >= 0.6 is 0 Å². The normalized spacial score (nSPS) is 18.4. The minimum atomic E-state index is 0.953. The SMILES string of the molecule is CNC1=C(C#N)CCCC1. The number of hydrogen-bond donors (Lipinski definition) is 1. The van der Waals surface area contributed by atoms with Crippen LogP contribution in [0.5, 0.6) is 0 Å². The third-order valence-corrected chi connectivity index (χ3v) is 1.90. The lowest BCUT2D eigenvalue weighted by Crippen LogP contribution is -2.11. The molecule has 2 heteroatoms. The predicted octanol–water partition coefficient (Wildman–Crippen LogP) is 1.56. The van der Waals surface area contributed by atoms with Crippen LogP contribution in [0.15, 0.2) is 11.3 Å². The molecule has 0 bridgehead atoms. The van der Waals surface area contributed by atoms with E-state index in [4.69, 9.17) is 5.26 Å². The van der Waals surface area contributed by atoms with E-state index in [1.165, 1.54) is 12.8 Å². The predicted molar refractivity (Wildman–Crippen MR) is 40.2 cm³/mol. The first-order chi connectivity index (χ1) is 4.88. The maximum absolute atomic E-state index is 8.64. The number of nitriles is 1. The Kier molecular flexibility index (Phi) is 2.33. The molecule has 0 radical (unpaired) electrons. The van der Waals surface area contributed by atoms with Gasteiger partial charge in [-0.3, -0.25) is 0 Å². The molecule has 0 aromatic rings. The molecule has 0 amide bonds. The second-order valence-corrected chi connectivity index (χ2v) is 2.53. The molecule has 1 aliphatic rings. The molecule has 0 fully saturated rings. The average molecular weight is 136 g/mol. The Bertz CT molecular complexity index is 186. The summed E-state index contributed by atoms with van der Waals surface area (Å²) in [5.41, 5.74) is 2.10. The molecule has 1 N–H and O–H groups in total. The fourth-order valence-corrected chi connectivity index (χ4v) is 1.30. The molecule has 0 aromatic heterocycles. The molecule has 1 aliphatic carbocycles. The summed E-state index contributed by atoms with van der Waals surface area (Å²) in [7, 11) is 1.89. The number of allylic oxidation sites excluding steroid dienone is 2. The second-order valence-electron chi connectivity index (χ2n) is 2.53. The summed E-state index contributed by atoms with van der Waals surface area (Å²) < 4.78 is 0. The van der Waals surface area contributed by atoms with Gasteiger partial charge in [0, 0.05) is 18.3 Å². The number of rotatable bonds is 1. The van der Waals surface area contributed by atoms with Gasteiger partial charge < -0.3 is 5.32 Å². The lowest BCUT2D eigenvalue weighted by Gasteiger charge is -2.14. The van der Waals surface area contributed by atoms with E-state index in [0.29, 0.717) is 0 Å². The van der Waals surface area contributed by atoms with Crippen molar-refractivity contribution in [2.45, 2.75) is 25.7 Å². The molecule has 0 unspecified atom stereocenters. The van der Waals surface area contributed by atoms with Gasteiger partial charge in [0.2, 0.25) is 0 Å². The fourth-order valence-electron chi connectivity index (χ4n) is 1.30. The van der Waals surface area contributed by atoms with Crippen LogP contribution in [-0.4, -0.2) is 7.05 Å². The highest BCUT2D eigenvalue weighted by atomic mass is 14.8. The van der Waals surface area contributed by atoms with Crippen molar-refractivity contribution in [2.24, 2.45) is 0 Å². The van der Waals surface area contributed by atoms with Crippen LogP contribution in [-0.2, 0) is 0 Å². The topological polar surface area (TPSA) is 35.8 Å². The molecular formula is C8H12N2. The van der Waals surface area contributed by atoms with E-state index < -0.39 is 0 Å². The van der Waals surface area contributed by atoms with Crippen LogP contribution in [0.1, 0.15) is 25.7 Å². The summed E-state index contributed by atoms with van der Waals surface area (Å²) in [6.45, 7) is 0. The maximum atomic E-state index is 8.64. The van der Waals surface area contributed by atoms with Gasteiger partial charge >= 0.3 is 0 Å². The maximum Gasteiger partial charge on any atom is 0.0965 e. The van der Waals surface area contributed by atoms with Gasteiger partial charge in [-0.25, -0.2) is 0 Å². The first kappa shape index (κ1) is 7.14. The van der Waals surface area contributed by atoms with Crippen LogP contribution in [0, 0.1) is 11.3 Å². The van der Waals surface area contributed by atoms with E-state index in [9.17, 15) is 0 Å². The summed E-state index contributed by atoms with van der Waals surface area (Å²) in [4.78, 5) is 0. The standard InChI is InChI=1S/C8H12N2/c1-10-8-5-3-2-4-7(8)6-9/h10H,2-5H2,1H3. The van der Waals surface area contributed by atoms with Gasteiger partial charge in [-0.05, 0) is 25.7 Å². The second kappa shape index (κ2) is 3.26. The van der Waals surface area contributed by atoms with Crippen molar-refractivity contribution >= 4 is 0 Å². The molecule has 0 spiro atoms. The lowest BCUT2D eigenvalue weighted by atomic mass is 9.97. The van der Waals surface area contributed by atoms with Gasteiger partial charge in [-0.15, -0.1) is 0 Å². The first-order valence-electron chi connectivity index (χ1n) is 3.68. The largest absolute Gasteiger partial charge is 0.391 e. The van der Waals surface area contributed by atoms with E-state index in [1.54, 1.807) is 0 Å². The van der Waals surface area contributed by atoms with Crippen molar-refractivity contribution in [3.63, 3.8) is 0 Å². The Balaban J connectivity index is 2.75. The van der Waals surface area contributed by atoms with Crippen molar-refractivity contribution in [3.8, 4) is 6.07 Å². The van der Waals surface area contributed by atoms with Crippen molar-refractivity contribution in [3.05, 3.63) is 11.3 Å². The van der Waals surface area contributed by atoms with Crippen LogP contribution < -0.4 is 5.32 Å². The number of nitrogens with one attached hydrogen (secondary N) is 1. The van der Waals surface area contributed by atoms with Crippen LogP contribution in [0.4, 0.5) is 0 Å². The highest BCUT2D eigenvalue weighted by molar-refractivity contribution is 5.28. The van der Waals surface area contributed by atoms with Gasteiger partial charge in [0.05, 0.1) is 6.07 Å². The number of nitrogens with zero attached hydrogens (tertiary/aromatic N) is 1. The molecule has 0 saturated heterocycles. The molecule has 2 nitrogen and oxygen atoms in total. The zero-order valence-electron chi connectivity index (χ0n) is 6.28. The lowest BCUT2D eigenvalue weighted by molar-refractivity contribution is 0.651. The summed E-state index contributed by atoms with van der Waals surface area (Å²) in [5, 5.41) is 11.7. The van der Waals surface area contributed by atoms with Crippen LogP contribution in [0.3, 0.4) is 0 Å². The van der Waals surface area contributed by atoms with Crippen LogP contribution in [0.2, 0.25) is 0 Å². The Labute approximate surface area is 61.5 Å². The molecule has 0 saturated carbocycles. The van der Waals surface area contributed by atoms with Crippen molar-refractivity contribution in [1.29, 1.82) is 5.26 Å². The molecule has 10 heavy (non-hydrogen) atoms. The third kappa shape index (κ3) is 1.30. The molecule has 0 aliphatic heterocycles. The van der Waals surface area contributed by atoms with Gasteiger partial charge in [0.25, 0.3) is 0 Å². The van der Waals surface area contributed by atoms with E-state index in [-0.39, 0.29) is 0 Å². The quantitative estimate of drug-likeness (QED) is 0.593. The fraction of sp³-hybridized carbons (Fsp3) is 0.625. The Morgan fingerprint density at radius 1 is 1.40 bits per heavy atom. The summed E-state index contributed by atoms with van der Waals surface area (Å²) in [6.07, 6.45) is 4.42. The van der Waals surface area contributed by atoms with Crippen molar-refractivity contribution in [1.82, 2.24) is 5.32 Å². The van der Waals surface area contributed by atoms with Gasteiger partial charge in [0.1, 0.15) is 0 Å². The first-order valence-corrected chi connectivity index (χ1v) is 3.68. The van der Waals surface area contributed by atoms with E-state index in [0.717, 1.165) is 24.1 Å². The molecule has 0 atom stereocenters. The smallest absolute Gasteiger partial charge is 0.0965 e. The summed E-state index contributed by atoms with van der Waals surface area (Å²) in [5.74, 6) is 0. The molecule has 54 valence electrons. The van der Waals surface area contributed by atoms with Gasteiger partial charge in [-0.1, -0.05) is 0 Å². The number of hydrogen-bond acceptors (Lipinski definition) is 2. The van der Waals surface area contributed by atoms with E-state index in [1.807, 2.05) is 7.05 Å². The van der Waals surface area contributed by atoms with Crippen LogP contribution in [0.25, 0.3) is 0 Å². The summed E-state index contributed by atoms with van der Waals surface area (Å²) in [6, 6.07) is 2.22. The van der Waals surface area contributed by atoms with Crippen molar-refractivity contribution < 1.29 is 0 Å². The zero-order chi connectivity index (χ0) is 7.40. The monoisotopic (exact) mass is 136 g/mol. The van der Waals surface area contributed by atoms with E-state index in [2.05, 4.69) is 11.4 Å².